The molecule has 0 aromatic heterocycles. The minimum absolute atomic E-state index is 0.0264. The number of carbonyl (C=O) groups excluding carboxylic acids is 1. The lowest BCUT2D eigenvalue weighted by Crippen LogP contribution is -2.46. The summed E-state index contributed by atoms with van der Waals surface area (Å²) in [7, 11) is 0. The molecule has 0 unspecified atom stereocenters. The number of hydrogen-bond donors (Lipinski definition) is 1. The zero-order valence-corrected chi connectivity index (χ0v) is 12.6. The predicted octanol–water partition coefficient (Wildman–Crippen LogP) is 1.23. The molecule has 0 bridgehead atoms. The lowest BCUT2D eigenvalue weighted by molar-refractivity contribution is 0.0702. The minimum Gasteiger partial charge on any atom is -0.390 e. The van der Waals surface area contributed by atoms with Gasteiger partial charge in [-0.1, -0.05) is 18.6 Å². The van der Waals surface area contributed by atoms with Gasteiger partial charge in [0.1, 0.15) is 0 Å². The van der Waals surface area contributed by atoms with Crippen LogP contribution in [0.5, 0.6) is 0 Å². The molecule has 5 nitrogen and oxygen atoms in total. The van der Waals surface area contributed by atoms with Gasteiger partial charge in [-0.15, -0.1) is 0 Å². The fraction of sp³-hybridized carbons (Fsp3) is 0.529. The number of nitriles is 1. The second kappa shape index (κ2) is 6.47. The summed E-state index contributed by atoms with van der Waals surface area (Å²) in [5, 5.41) is 19.5. The molecule has 1 aromatic carbocycles. The molecule has 0 radical (unpaired) electrons. The van der Waals surface area contributed by atoms with Gasteiger partial charge in [0.2, 0.25) is 0 Å². The standard InChI is InChI=1S/C17H21N3O2/c18-10-13-6-2-3-7-14(13)17(22)20-11-15(16(21)12-20)19-8-4-1-5-9-19/h2-3,6-7,15-16,21H,1,4-5,8-9,11-12H2/t15-,16-/m0/s1. The molecule has 116 valence electrons. The number of aliphatic hydroxyl groups excluding tert-OH is 1. The van der Waals surface area contributed by atoms with E-state index >= 15 is 0 Å². The highest BCUT2D eigenvalue weighted by Crippen LogP contribution is 2.23. The number of amides is 1. The Morgan fingerprint density at radius 2 is 1.91 bits per heavy atom. The number of aliphatic hydroxyl groups is 1. The van der Waals surface area contributed by atoms with Crippen LogP contribution in [0.15, 0.2) is 24.3 Å². The van der Waals surface area contributed by atoms with E-state index in [0.29, 0.717) is 24.2 Å². The maximum absolute atomic E-state index is 12.6. The summed E-state index contributed by atoms with van der Waals surface area (Å²) >= 11 is 0. The zero-order chi connectivity index (χ0) is 15.5. The topological polar surface area (TPSA) is 67.6 Å². The number of nitrogens with zero attached hydrogens (tertiary/aromatic N) is 3. The fourth-order valence-electron chi connectivity index (χ4n) is 3.48. The molecule has 1 aromatic rings. The van der Waals surface area contributed by atoms with E-state index in [-0.39, 0.29) is 11.9 Å². The molecule has 3 rings (SSSR count). The van der Waals surface area contributed by atoms with Crippen molar-refractivity contribution < 1.29 is 9.90 Å². The molecule has 2 aliphatic heterocycles. The van der Waals surface area contributed by atoms with E-state index < -0.39 is 6.10 Å². The van der Waals surface area contributed by atoms with Crippen LogP contribution in [0.25, 0.3) is 0 Å². The van der Waals surface area contributed by atoms with Gasteiger partial charge in [-0.2, -0.15) is 5.26 Å². The average molecular weight is 299 g/mol. The third kappa shape index (κ3) is 2.85. The van der Waals surface area contributed by atoms with Crippen molar-refractivity contribution in [1.82, 2.24) is 9.80 Å². The van der Waals surface area contributed by atoms with E-state index in [1.807, 2.05) is 0 Å². The summed E-state index contributed by atoms with van der Waals surface area (Å²) in [4.78, 5) is 16.6. The molecule has 2 heterocycles. The van der Waals surface area contributed by atoms with Crippen molar-refractivity contribution in [2.45, 2.75) is 31.4 Å². The third-order valence-electron chi connectivity index (χ3n) is 4.68. The van der Waals surface area contributed by atoms with Crippen molar-refractivity contribution in [3.63, 3.8) is 0 Å². The zero-order valence-electron chi connectivity index (χ0n) is 12.6. The lowest BCUT2D eigenvalue weighted by atomic mass is 10.1. The summed E-state index contributed by atoms with van der Waals surface area (Å²) in [6, 6.07) is 8.95. The van der Waals surface area contributed by atoms with E-state index in [1.165, 1.54) is 6.42 Å². The monoisotopic (exact) mass is 299 g/mol. The number of piperidine rings is 1. The first-order chi connectivity index (χ1) is 10.7. The second-order valence-corrected chi connectivity index (χ2v) is 6.10. The molecule has 2 atom stereocenters. The van der Waals surface area contributed by atoms with Gasteiger partial charge in [-0.25, -0.2) is 0 Å². The highest BCUT2D eigenvalue weighted by Gasteiger charge is 2.38. The molecule has 0 spiro atoms. The van der Waals surface area contributed by atoms with Crippen LogP contribution in [0.1, 0.15) is 35.2 Å². The Morgan fingerprint density at radius 1 is 1.18 bits per heavy atom. The molecular formula is C17H21N3O2. The van der Waals surface area contributed by atoms with Crippen LogP contribution in [-0.4, -0.2) is 59.1 Å². The molecule has 2 fully saturated rings. The molecule has 2 saturated heterocycles. The number of rotatable bonds is 2. The van der Waals surface area contributed by atoms with Crippen LogP contribution in [0.4, 0.5) is 0 Å². The van der Waals surface area contributed by atoms with Gasteiger partial charge < -0.3 is 10.0 Å². The first-order valence-electron chi connectivity index (χ1n) is 7.91. The molecule has 0 saturated carbocycles. The molecule has 1 amide bonds. The Balaban J connectivity index is 1.73. The fourth-order valence-corrected chi connectivity index (χ4v) is 3.48. The summed E-state index contributed by atoms with van der Waals surface area (Å²) < 4.78 is 0. The average Bonchev–Trinajstić information content (AvgIpc) is 2.97. The first kappa shape index (κ1) is 15.0. The predicted molar refractivity (Wildman–Crippen MR) is 82.3 cm³/mol. The van der Waals surface area contributed by atoms with Crippen LogP contribution < -0.4 is 0 Å². The maximum Gasteiger partial charge on any atom is 0.255 e. The van der Waals surface area contributed by atoms with Gasteiger partial charge in [0, 0.05) is 13.1 Å². The van der Waals surface area contributed by atoms with Crippen molar-refractivity contribution in [2.24, 2.45) is 0 Å². The van der Waals surface area contributed by atoms with Crippen LogP contribution in [-0.2, 0) is 0 Å². The number of carbonyl (C=O) groups is 1. The number of hydrogen-bond acceptors (Lipinski definition) is 4. The van der Waals surface area contributed by atoms with Gasteiger partial charge in [-0.05, 0) is 38.1 Å². The summed E-state index contributed by atoms with van der Waals surface area (Å²) in [6.07, 6.45) is 3.07. The summed E-state index contributed by atoms with van der Waals surface area (Å²) in [5.74, 6) is -0.157. The largest absolute Gasteiger partial charge is 0.390 e. The maximum atomic E-state index is 12.6. The van der Waals surface area contributed by atoms with E-state index in [2.05, 4.69) is 11.0 Å². The van der Waals surface area contributed by atoms with Crippen molar-refractivity contribution in [3.8, 4) is 6.07 Å². The SMILES string of the molecule is N#Cc1ccccc1C(=O)N1C[C@H](O)[C@@H](N2CCCCC2)C1. The third-order valence-corrected chi connectivity index (χ3v) is 4.68. The van der Waals surface area contributed by atoms with Crippen LogP contribution in [0, 0.1) is 11.3 Å². The second-order valence-electron chi connectivity index (χ2n) is 6.10. The van der Waals surface area contributed by atoms with Crippen molar-refractivity contribution in [2.75, 3.05) is 26.2 Å². The van der Waals surface area contributed by atoms with Crippen molar-refractivity contribution >= 4 is 5.91 Å². The van der Waals surface area contributed by atoms with Crippen LogP contribution in [0.3, 0.4) is 0 Å². The quantitative estimate of drug-likeness (QED) is 0.892. The van der Waals surface area contributed by atoms with Crippen LogP contribution >= 0.6 is 0 Å². The lowest BCUT2D eigenvalue weighted by Gasteiger charge is -2.33. The molecule has 1 N–H and O–H groups in total. The van der Waals surface area contributed by atoms with E-state index in [1.54, 1.807) is 29.2 Å². The number of likely N-dealkylation sites (tertiary alicyclic amines) is 2. The van der Waals surface area contributed by atoms with E-state index in [9.17, 15) is 9.90 Å². The van der Waals surface area contributed by atoms with Crippen molar-refractivity contribution in [3.05, 3.63) is 35.4 Å². The molecule has 22 heavy (non-hydrogen) atoms. The minimum atomic E-state index is -0.503. The number of β-amino-alcohol motifs (C(OH)–C–C–N with tert-alkyl or cyclic N) is 1. The normalized spacial score (nSPS) is 25.9. The van der Waals surface area contributed by atoms with Gasteiger partial charge in [0.15, 0.2) is 0 Å². The Hall–Kier alpha value is -1.90. The Labute approximate surface area is 130 Å². The van der Waals surface area contributed by atoms with Gasteiger partial charge in [0.25, 0.3) is 5.91 Å². The molecule has 5 heteroatoms. The van der Waals surface area contributed by atoms with Gasteiger partial charge in [-0.3, -0.25) is 9.69 Å². The smallest absolute Gasteiger partial charge is 0.255 e. The Kier molecular flexibility index (Phi) is 4.41. The number of benzene rings is 1. The Morgan fingerprint density at radius 3 is 2.64 bits per heavy atom. The highest BCUT2D eigenvalue weighted by molar-refractivity contribution is 5.96. The summed E-state index contributed by atoms with van der Waals surface area (Å²) in [5.41, 5.74) is 0.819. The molecule has 2 aliphatic rings. The summed E-state index contributed by atoms with van der Waals surface area (Å²) in [6.45, 7) is 2.89. The van der Waals surface area contributed by atoms with Crippen molar-refractivity contribution in [1.29, 1.82) is 5.26 Å². The van der Waals surface area contributed by atoms with E-state index in [4.69, 9.17) is 5.26 Å². The molecule has 0 aliphatic carbocycles. The first-order valence-corrected chi connectivity index (χ1v) is 7.91. The van der Waals surface area contributed by atoms with Gasteiger partial charge in [0.05, 0.1) is 29.3 Å². The van der Waals surface area contributed by atoms with Gasteiger partial charge >= 0.3 is 0 Å². The molecular weight excluding hydrogens is 278 g/mol. The van der Waals surface area contributed by atoms with E-state index in [0.717, 1.165) is 25.9 Å². The van der Waals surface area contributed by atoms with Crippen LogP contribution in [0.2, 0.25) is 0 Å². The highest BCUT2D eigenvalue weighted by atomic mass is 16.3. The Bertz CT molecular complexity index is 590.